The molecule has 0 spiro atoms. The van der Waals surface area contributed by atoms with Crippen molar-refractivity contribution >= 4 is 22.5 Å². The maximum absolute atomic E-state index is 5.86. The van der Waals surface area contributed by atoms with Crippen molar-refractivity contribution in [3.63, 3.8) is 0 Å². The summed E-state index contributed by atoms with van der Waals surface area (Å²) in [4.78, 5) is 12.2. The fourth-order valence-corrected chi connectivity index (χ4v) is 2.10. The Balaban J connectivity index is 2.06. The van der Waals surface area contributed by atoms with Gasteiger partial charge in [0.1, 0.15) is 5.82 Å². The van der Waals surface area contributed by atoms with Crippen LogP contribution in [0.3, 0.4) is 0 Å². The summed E-state index contributed by atoms with van der Waals surface area (Å²) in [6.45, 7) is 0. The number of anilines is 2. The lowest BCUT2D eigenvalue weighted by Gasteiger charge is -2.07. The van der Waals surface area contributed by atoms with Crippen LogP contribution in [0.1, 0.15) is 11.1 Å². The van der Waals surface area contributed by atoms with Crippen LogP contribution in [-0.4, -0.2) is 15.0 Å². The highest BCUT2D eigenvalue weighted by molar-refractivity contribution is 5.85. The van der Waals surface area contributed by atoms with Gasteiger partial charge in [0, 0.05) is 36.0 Å². The van der Waals surface area contributed by atoms with Gasteiger partial charge in [-0.05, 0) is 10.9 Å². The predicted octanol–water partition coefficient (Wildman–Crippen LogP) is 1.78. The van der Waals surface area contributed by atoms with Gasteiger partial charge in [0.2, 0.25) is 5.95 Å². The first kappa shape index (κ1) is 11.4. The normalized spacial score (nSPS) is 10.7. The molecule has 1 aromatic carbocycles. The molecule has 94 valence electrons. The van der Waals surface area contributed by atoms with E-state index in [9.17, 15) is 0 Å². The maximum Gasteiger partial charge on any atom is 0.221 e. The van der Waals surface area contributed by atoms with Gasteiger partial charge in [0.15, 0.2) is 0 Å². The molecule has 0 radical (unpaired) electrons. The summed E-state index contributed by atoms with van der Waals surface area (Å²) >= 11 is 0. The Morgan fingerprint density at radius 1 is 0.947 bits per heavy atom. The van der Waals surface area contributed by atoms with Crippen LogP contribution in [0, 0.1) is 0 Å². The number of rotatable bonds is 2. The van der Waals surface area contributed by atoms with E-state index in [1.807, 2.05) is 30.6 Å². The van der Waals surface area contributed by atoms with Crippen LogP contribution in [-0.2, 0) is 6.42 Å². The van der Waals surface area contributed by atoms with E-state index in [0.29, 0.717) is 12.2 Å². The van der Waals surface area contributed by atoms with Crippen LogP contribution in [0.4, 0.5) is 11.8 Å². The van der Waals surface area contributed by atoms with Gasteiger partial charge in [-0.15, -0.1) is 0 Å². The molecule has 0 atom stereocenters. The zero-order valence-corrected chi connectivity index (χ0v) is 10.2. The first-order valence-electron chi connectivity index (χ1n) is 5.92. The lowest BCUT2D eigenvalue weighted by atomic mass is 10.0. The summed E-state index contributed by atoms with van der Waals surface area (Å²) in [5.74, 6) is 0.609. The van der Waals surface area contributed by atoms with Crippen LogP contribution in [0.2, 0.25) is 0 Å². The molecule has 2 heterocycles. The van der Waals surface area contributed by atoms with Gasteiger partial charge in [-0.2, -0.15) is 4.98 Å². The third kappa shape index (κ3) is 2.18. The smallest absolute Gasteiger partial charge is 0.221 e. The highest BCUT2D eigenvalue weighted by Crippen LogP contribution is 2.21. The van der Waals surface area contributed by atoms with Crippen molar-refractivity contribution in [2.45, 2.75) is 6.42 Å². The minimum atomic E-state index is 0.192. The van der Waals surface area contributed by atoms with Crippen LogP contribution < -0.4 is 11.5 Å². The fourth-order valence-electron chi connectivity index (χ4n) is 2.10. The van der Waals surface area contributed by atoms with Gasteiger partial charge in [-0.25, -0.2) is 4.98 Å². The van der Waals surface area contributed by atoms with E-state index >= 15 is 0 Å². The number of pyridine rings is 1. The predicted molar refractivity (Wildman–Crippen MR) is 75.4 cm³/mol. The highest BCUT2D eigenvalue weighted by Gasteiger charge is 2.07. The molecular formula is C14H13N5. The summed E-state index contributed by atoms with van der Waals surface area (Å²) < 4.78 is 0. The molecule has 0 saturated carbocycles. The molecule has 0 saturated heterocycles. The summed E-state index contributed by atoms with van der Waals surface area (Å²) in [5, 5.41) is 2.27. The van der Waals surface area contributed by atoms with E-state index < -0.39 is 0 Å². The van der Waals surface area contributed by atoms with Gasteiger partial charge >= 0.3 is 0 Å². The van der Waals surface area contributed by atoms with Crippen molar-refractivity contribution in [2.24, 2.45) is 0 Å². The molecule has 2 aromatic heterocycles. The molecule has 19 heavy (non-hydrogen) atoms. The summed E-state index contributed by atoms with van der Waals surface area (Å²) in [5.41, 5.74) is 13.3. The molecule has 5 heteroatoms. The zero-order chi connectivity index (χ0) is 13.2. The number of fused-ring (bicyclic) bond motifs is 1. The second-order valence-electron chi connectivity index (χ2n) is 4.34. The number of hydrogen-bond donors (Lipinski definition) is 2. The maximum atomic E-state index is 5.86. The Hall–Kier alpha value is -2.69. The van der Waals surface area contributed by atoms with E-state index in [2.05, 4.69) is 21.0 Å². The SMILES string of the molecule is Nc1ncc(Cc2cncc3ccccc23)c(N)n1. The number of benzene rings is 1. The third-order valence-electron chi connectivity index (χ3n) is 3.05. The largest absolute Gasteiger partial charge is 0.383 e. The van der Waals surface area contributed by atoms with Gasteiger partial charge in [-0.3, -0.25) is 4.98 Å². The number of nitrogens with two attached hydrogens (primary N) is 2. The quantitative estimate of drug-likeness (QED) is 0.724. The van der Waals surface area contributed by atoms with Crippen molar-refractivity contribution in [2.75, 3.05) is 11.5 Å². The summed E-state index contributed by atoms with van der Waals surface area (Å²) in [6, 6.07) is 8.11. The lowest BCUT2D eigenvalue weighted by molar-refractivity contribution is 1.09. The van der Waals surface area contributed by atoms with Gasteiger partial charge in [-0.1, -0.05) is 24.3 Å². The average molecular weight is 251 g/mol. The zero-order valence-electron chi connectivity index (χ0n) is 10.2. The van der Waals surface area contributed by atoms with Crippen molar-refractivity contribution in [1.29, 1.82) is 0 Å². The standard InChI is InChI=1S/C14H13N5/c15-13-11(8-18-14(16)19-13)5-10-7-17-6-9-3-1-2-4-12(9)10/h1-4,6-8H,5H2,(H4,15,16,18,19). The van der Waals surface area contributed by atoms with E-state index in [-0.39, 0.29) is 5.95 Å². The molecule has 5 nitrogen and oxygen atoms in total. The minimum Gasteiger partial charge on any atom is -0.383 e. The molecule has 0 aliphatic rings. The van der Waals surface area contributed by atoms with Gasteiger partial charge in [0.05, 0.1) is 0 Å². The Bertz CT molecular complexity index is 733. The van der Waals surface area contributed by atoms with E-state index in [0.717, 1.165) is 21.9 Å². The van der Waals surface area contributed by atoms with E-state index in [4.69, 9.17) is 11.5 Å². The Labute approximate surface area is 110 Å². The second-order valence-corrected chi connectivity index (χ2v) is 4.34. The van der Waals surface area contributed by atoms with Crippen molar-refractivity contribution in [3.05, 3.63) is 54.0 Å². The molecule has 0 aliphatic carbocycles. The molecule has 3 aromatic rings. The number of hydrogen-bond acceptors (Lipinski definition) is 5. The third-order valence-corrected chi connectivity index (χ3v) is 3.05. The number of nitrogens with zero attached hydrogens (tertiary/aromatic N) is 3. The van der Waals surface area contributed by atoms with Crippen molar-refractivity contribution in [1.82, 2.24) is 15.0 Å². The number of nitrogen functional groups attached to an aromatic ring is 2. The van der Waals surface area contributed by atoms with E-state index in [1.165, 1.54) is 0 Å². The molecule has 0 unspecified atom stereocenters. The fraction of sp³-hybridized carbons (Fsp3) is 0.0714. The van der Waals surface area contributed by atoms with Crippen LogP contribution in [0.5, 0.6) is 0 Å². The molecule has 0 aliphatic heterocycles. The highest BCUT2D eigenvalue weighted by atomic mass is 15.0. The first-order valence-corrected chi connectivity index (χ1v) is 5.92. The van der Waals surface area contributed by atoms with Gasteiger partial charge < -0.3 is 11.5 Å². The summed E-state index contributed by atoms with van der Waals surface area (Å²) in [6.07, 6.45) is 6.00. The summed E-state index contributed by atoms with van der Waals surface area (Å²) in [7, 11) is 0. The van der Waals surface area contributed by atoms with Crippen LogP contribution in [0.25, 0.3) is 10.8 Å². The van der Waals surface area contributed by atoms with Crippen molar-refractivity contribution in [3.8, 4) is 0 Å². The topological polar surface area (TPSA) is 90.7 Å². The molecule has 4 N–H and O–H groups in total. The Morgan fingerprint density at radius 2 is 1.79 bits per heavy atom. The second kappa shape index (κ2) is 4.53. The van der Waals surface area contributed by atoms with E-state index in [1.54, 1.807) is 6.20 Å². The van der Waals surface area contributed by atoms with Crippen LogP contribution >= 0.6 is 0 Å². The first-order chi connectivity index (χ1) is 9.24. The monoisotopic (exact) mass is 251 g/mol. The Morgan fingerprint density at radius 3 is 2.63 bits per heavy atom. The number of aromatic nitrogens is 3. The molecule has 0 amide bonds. The minimum absolute atomic E-state index is 0.192. The molecular weight excluding hydrogens is 238 g/mol. The molecule has 3 rings (SSSR count). The van der Waals surface area contributed by atoms with Crippen molar-refractivity contribution < 1.29 is 0 Å². The molecule has 0 fully saturated rings. The van der Waals surface area contributed by atoms with Gasteiger partial charge in [0.25, 0.3) is 0 Å². The Kier molecular flexibility index (Phi) is 2.72. The molecule has 0 bridgehead atoms. The lowest BCUT2D eigenvalue weighted by Crippen LogP contribution is -2.04. The van der Waals surface area contributed by atoms with Crippen LogP contribution in [0.15, 0.2) is 42.9 Å². The average Bonchev–Trinajstić information content (AvgIpc) is 2.42.